The third kappa shape index (κ3) is 4.51. The molecule has 1 unspecified atom stereocenters. The number of carbonyl (C=O) groups excluding carboxylic acids is 2. The second-order valence-electron chi connectivity index (χ2n) is 4.10. The summed E-state index contributed by atoms with van der Waals surface area (Å²) in [4.78, 5) is 33.4. The first-order valence-corrected chi connectivity index (χ1v) is 5.71. The number of carbonyl (C=O) groups is 3. The number of ketones is 1. The monoisotopic (exact) mass is 265 g/mol. The van der Waals surface area contributed by atoms with E-state index in [0.29, 0.717) is 0 Å². The van der Waals surface area contributed by atoms with Gasteiger partial charge in [0, 0.05) is 6.42 Å². The lowest BCUT2D eigenvalue weighted by Gasteiger charge is -2.10. The Hall–Kier alpha value is -2.21. The molecule has 0 amide bonds. The maximum atomic E-state index is 11.7. The van der Waals surface area contributed by atoms with Gasteiger partial charge in [-0.25, -0.2) is 4.79 Å². The fraction of sp³-hybridized carbons (Fsp3) is 0.308. The molecule has 0 spiro atoms. The Bertz CT molecular complexity index is 480. The van der Waals surface area contributed by atoms with Crippen molar-refractivity contribution in [3.63, 3.8) is 0 Å². The van der Waals surface area contributed by atoms with Gasteiger partial charge in [0.05, 0.1) is 18.0 Å². The molecule has 3 N–H and O–H groups in total. The second-order valence-corrected chi connectivity index (χ2v) is 4.10. The molecule has 1 aromatic rings. The fourth-order valence-electron chi connectivity index (χ4n) is 1.39. The molecule has 0 heterocycles. The van der Waals surface area contributed by atoms with Gasteiger partial charge in [-0.3, -0.25) is 9.59 Å². The SMILES string of the molecule is CC(CC(=O)CN)C(=O)Oc1ccc(C(=O)O)cc1. The molecule has 0 aromatic heterocycles. The van der Waals surface area contributed by atoms with Crippen LogP contribution in [0.1, 0.15) is 23.7 Å². The smallest absolute Gasteiger partial charge is 0.335 e. The molecule has 0 bridgehead atoms. The second kappa shape index (κ2) is 6.65. The van der Waals surface area contributed by atoms with Gasteiger partial charge in [-0.2, -0.15) is 0 Å². The Kier molecular flexibility index (Phi) is 5.20. The number of ether oxygens (including phenoxy) is 1. The number of Topliss-reactive ketones (excluding diaryl/α,β-unsaturated/α-hetero) is 1. The Morgan fingerprint density at radius 2 is 1.84 bits per heavy atom. The molecule has 1 rings (SSSR count). The summed E-state index contributed by atoms with van der Waals surface area (Å²) in [6, 6.07) is 5.44. The molecule has 6 heteroatoms. The van der Waals surface area contributed by atoms with Crippen molar-refractivity contribution in [3.8, 4) is 5.75 Å². The summed E-state index contributed by atoms with van der Waals surface area (Å²) in [5.74, 6) is -2.17. The maximum absolute atomic E-state index is 11.7. The largest absolute Gasteiger partial charge is 0.478 e. The number of aromatic carboxylic acids is 1. The molecule has 6 nitrogen and oxygen atoms in total. The van der Waals surface area contributed by atoms with E-state index >= 15 is 0 Å². The predicted molar refractivity (Wildman–Crippen MR) is 66.9 cm³/mol. The van der Waals surface area contributed by atoms with Gasteiger partial charge < -0.3 is 15.6 Å². The molecule has 1 atom stereocenters. The standard InChI is InChI=1S/C13H15NO5/c1-8(6-10(15)7-14)13(18)19-11-4-2-9(3-5-11)12(16)17/h2-5,8H,6-7,14H2,1H3,(H,16,17). The number of nitrogens with two attached hydrogens (primary N) is 1. The predicted octanol–water partition coefficient (Wildman–Crippen LogP) is 0.844. The van der Waals surface area contributed by atoms with E-state index in [1.165, 1.54) is 24.3 Å². The molecule has 0 radical (unpaired) electrons. The highest BCUT2D eigenvalue weighted by Crippen LogP contribution is 2.15. The lowest BCUT2D eigenvalue weighted by Crippen LogP contribution is -2.24. The Morgan fingerprint density at radius 1 is 1.26 bits per heavy atom. The van der Waals surface area contributed by atoms with Crippen LogP contribution < -0.4 is 10.5 Å². The van der Waals surface area contributed by atoms with E-state index in [9.17, 15) is 14.4 Å². The quantitative estimate of drug-likeness (QED) is 0.583. The zero-order valence-corrected chi connectivity index (χ0v) is 10.5. The van der Waals surface area contributed by atoms with Crippen LogP contribution in [0.3, 0.4) is 0 Å². The van der Waals surface area contributed by atoms with Crippen LogP contribution >= 0.6 is 0 Å². The molecule has 19 heavy (non-hydrogen) atoms. The van der Waals surface area contributed by atoms with Gasteiger partial charge in [-0.1, -0.05) is 6.92 Å². The van der Waals surface area contributed by atoms with Crippen LogP contribution in [0.4, 0.5) is 0 Å². The zero-order valence-electron chi connectivity index (χ0n) is 10.5. The first-order valence-electron chi connectivity index (χ1n) is 5.71. The van der Waals surface area contributed by atoms with Crippen LogP contribution in [0.2, 0.25) is 0 Å². The summed E-state index contributed by atoms with van der Waals surface area (Å²) in [6.07, 6.45) is 0.0303. The van der Waals surface area contributed by atoms with Crippen molar-refractivity contribution in [1.29, 1.82) is 0 Å². The number of hydrogen-bond donors (Lipinski definition) is 2. The third-order valence-corrected chi connectivity index (χ3v) is 2.48. The molecule has 0 fully saturated rings. The third-order valence-electron chi connectivity index (χ3n) is 2.48. The molecule has 0 saturated heterocycles. The minimum Gasteiger partial charge on any atom is -0.478 e. The minimum atomic E-state index is -1.06. The number of esters is 1. The minimum absolute atomic E-state index is 0.0303. The number of carboxylic acid groups (broad SMARTS) is 1. The lowest BCUT2D eigenvalue weighted by atomic mass is 10.1. The Balaban J connectivity index is 2.61. The average Bonchev–Trinajstić information content (AvgIpc) is 2.38. The molecule has 0 saturated carbocycles. The van der Waals surface area contributed by atoms with Crippen molar-refractivity contribution in [3.05, 3.63) is 29.8 Å². The zero-order chi connectivity index (χ0) is 14.4. The van der Waals surface area contributed by atoms with Gasteiger partial charge >= 0.3 is 11.9 Å². The van der Waals surface area contributed by atoms with E-state index in [0.717, 1.165) is 0 Å². The van der Waals surface area contributed by atoms with Gasteiger partial charge in [0.15, 0.2) is 0 Å². The van der Waals surface area contributed by atoms with Gasteiger partial charge in [-0.15, -0.1) is 0 Å². The highest BCUT2D eigenvalue weighted by atomic mass is 16.5. The fourth-order valence-corrected chi connectivity index (χ4v) is 1.39. The summed E-state index contributed by atoms with van der Waals surface area (Å²) in [5, 5.41) is 8.72. The van der Waals surface area contributed by atoms with E-state index in [-0.39, 0.29) is 30.1 Å². The van der Waals surface area contributed by atoms with E-state index in [1.54, 1.807) is 6.92 Å². The molecular weight excluding hydrogens is 250 g/mol. The number of benzene rings is 1. The van der Waals surface area contributed by atoms with Crippen molar-refractivity contribution in [2.24, 2.45) is 11.7 Å². The summed E-state index contributed by atoms with van der Waals surface area (Å²) < 4.78 is 5.03. The lowest BCUT2D eigenvalue weighted by molar-refractivity contribution is -0.140. The van der Waals surface area contributed by atoms with Crippen molar-refractivity contribution in [2.45, 2.75) is 13.3 Å². The molecule has 102 valence electrons. The van der Waals surface area contributed by atoms with E-state index < -0.39 is 17.9 Å². The van der Waals surface area contributed by atoms with Crippen molar-refractivity contribution in [1.82, 2.24) is 0 Å². The van der Waals surface area contributed by atoms with Crippen LogP contribution in [0, 0.1) is 5.92 Å². The molecule has 0 aliphatic rings. The summed E-state index contributed by atoms with van der Waals surface area (Å²) in [6.45, 7) is 1.46. The van der Waals surface area contributed by atoms with E-state index in [4.69, 9.17) is 15.6 Å². The van der Waals surface area contributed by atoms with Crippen molar-refractivity contribution in [2.75, 3.05) is 6.54 Å². The van der Waals surface area contributed by atoms with E-state index in [1.807, 2.05) is 0 Å². The maximum Gasteiger partial charge on any atom is 0.335 e. The summed E-state index contributed by atoms with van der Waals surface area (Å²) in [5.41, 5.74) is 5.26. The first kappa shape index (κ1) is 14.8. The number of hydrogen-bond acceptors (Lipinski definition) is 5. The van der Waals surface area contributed by atoms with Gasteiger partial charge in [0.2, 0.25) is 0 Å². The van der Waals surface area contributed by atoms with Gasteiger partial charge in [0.25, 0.3) is 0 Å². The highest BCUT2D eigenvalue weighted by molar-refractivity contribution is 5.88. The number of carboxylic acids is 1. The number of rotatable bonds is 6. The van der Waals surface area contributed by atoms with Crippen LogP contribution in [0.15, 0.2) is 24.3 Å². The van der Waals surface area contributed by atoms with Crippen LogP contribution in [-0.2, 0) is 9.59 Å². The summed E-state index contributed by atoms with van der Waals surface area (Å²) >= 11 is 0. The Labute approximate surface area is 110 Å². The summed E-state index contributed by atoms with van der Waals surface area (Å²) in [7, 11) is 0. The van der Waals surface area contributed by atoms with Gasteiger partial charge in [-0.05, 0) is 24.3 Å². The van der Waals surface area contributed by atoms with Crippen molar-refractivity contribution >= 4 is 17.7 Å². The Morgan fingerprint density at radius 3 is 2.32 bits per heavy atom. The van der Waals surface area contributed by atoms with Crippen LogP contribution in [0.25, 0.3) is 0 Å². The van der Waals surface area contributed by atoms with E-state index in [2.05, 4.69) is 0 Å². The first-order chi connectivity index (χ1) is 8.93. The molecule has 0 aliphatic heterocycles. The molecular formula is C13H15NO5. The van der Waals surface area contributed by atoms with Gasteiger partial charge in [0.1, 0.15) is 11.5 Å². The molecule has 1 aromatic carbocycles. The highest BCUT2D eigenvalue weighted by Gasteiger charge is 2.18. The normalized spacial score (nSPS) is 11.7. The van der Waals surface area contributed by atoms with Crippen molar-refractivity contribution < 1.29 is 24.2 Å². The average molecular weight is 265 g/mol. The van der Waals surface area contributed by atoms with Crippen LogP contribution in [-0.4, -0.2) is 29.4 Å². The topological polar surface area (TPSA) is 107 Å². The van der Waals surface area contributed by atoms with Crippen LogP contribution in [0.5, 0.6) is 5.75 Å². The molecule has 0 aliphatic carbocycles.